The smallest absolute Gasteiger partial charge is 0.213 e. The molecule has 0 amide bonds. The van der Waals surface area contributed by atoms with Gasteiger partial charge in [-0.2, -0.15) is 0 Å². The minimum atomic E-state index is -0.923. The van der Waals surface area contributed by atoms with Gasteiger partial charge in [-0.15, -0.1) is 24.8 Å². The number of aliphatic hydroxyl groups is 1. The summed E-state index contributed by atoms with van der Waals surface area (Å²) in [4.78, 5) is 4.42. The van der Waals surface area contributed by atoms with Crippen molar-refractivity contribution < 1.29 is 14.6 Å². The highest BCUT2D eigenvalue weighted by atomic mass is 35.5. The van der Waals surface area contributed by atoms with Crippen LogP contribution in [0.5, 0.6) is 5.88 Å². The van der Waals surface area contributed by atoms with E-state index in [4.69, 9.17) is 38.4 Å². The highest BCUT2D eigenvalue weighted by Gasteiger charge is 2.23. The van der Waals surface area contributed by atoms with E-state index in [1.165, 1.54) is 0 Å². The van der Waals surface area contributed by atoms with Crippen LogP contribution in [0.4, 0.5) is 0 Å². The van der Waals surface area contributed by atoms with Gasteiger partial charge < -0.3 is 20.3 Å². The molecule has 0 radical (unpaired) electrons. The summed E-state index contributed by atoms with van der Waals surface area (Å²) in [5.74, 6) is 0.520. The lowest BCUT2D eigenvalue weighted by molar-refractivity contribution is 0.136. The Labute approximate surface area is 181 Å². The van der Waals surface area contributed by atoms with Gasteiger partial charge in [0.05, 0.1) is 35.4 Å². The molecular formula is C18H22Cl4N2O3. The quantitative estimate of drug-likeness (QED) is 0.696. The Morgan fingerprint density at radius 2 is 1.96 bits per heavy atom. The Bertz CT molecular complexity index is 757. The first kappa shape index (κ1) is 24.2. The molecule has 1 aliphatic heterocycles. The lowest BCUT2D eigenvalue weighted by Crippen LogP contribution is -2.21. The molecule has 27 heavy (non-hydrogen) atoms. The second kappa shape index (κ2) is 10.7. The van der Waals surface area contributed by atoms with Crippen molar-refractivity contribution in [3.05, 3.63) is 57.2 Å². The predicted octanol–water partition coefficient (Wildman–Crippen LogP) is 4.44. The van der Waals surface area contributed by atoms with Gasteiger partial charge in [0.25, 0.3) is 0 Å². The third-order valence-electron chi connectivity index (χ3n) is 4.26. The number of ether oxygens (including phenoxy) is 2. The van der Waals surface area contributed by atoms with Crippen LogP contribution in [-0.4, -0.2) is 29.4 Å². The van der Waals surface area contributed by atoms with E-state index >= 15 is 0 Å². The first-order chi connectivity index (χ1) is 12.0. The molecule has 1 saturated heterocycles. The van der Waals surface area contributed by atoms with Crippen molar-refractivity contribution in [2.75, 3.05) is 13.2 Å². The van der Waals surface area contributed by atoms with Gasteiger partial charge in [-0.3, -0.25) is 0 Å². The first-order valence-electron chi connectivity index (χ1n) is 8.06. The van der Waals surface area contributed by atoms with Gasteiger partial charge in [-0.05, 0) is 30.7 Å². The third-order valence-corrected chi connectivity index (χ3v) is 5.00. The normalized spacial score (nSPS) is 18.2. The lowest BCUT2D eigenvalue weighted by Gasteiger charge is -2.22. The van der Waals surface area contributed by atoms with Crippen LogP contribution in [0.15, 0.2) is 30.3 Å². The predicted molar refractivity (Wildman–Crippen MR) is 112 cm³/mol. The molecule has 9 heteroatoms. The molecule has 0 bridgehead atoms. The van der Waals surface area contributed by atoms with E-state index in [-0.39, 0.29) is 30.9 Å². The van der Waals surface area contributed by atoms with E-state index in [1.54, 1.807) is 30.3 Å². The van der Waals surface area contributed by atoms with Gasteiger partial charge in [0, 0.05) is 23.7 Å². The molecule has 1 aromatic carbocycles. The zero-order valence-corrected chi connectivity index (χ0v) is 17.7. The topological polar surface area (TPSA) is 77.6 Å². The summed E-state index contributed by atoms with van der Waals surface area (Å²) >= 11 is 12.0. The summed E-state index contributed by atoms with van der Waals surface area (Å²) in [6.07, 6.45) is -0.0393. The highest BCUT2D eigenvalue weighted by Crippen LogP contribution is 2.32. The fourth-order valence-corrected chi connectivity index (χ4v) is 3.11. The molecule has 3 atom stereocenters. The van der Waals surface area contributed by atoms with Gasteiger partial charge in [-0.25, -0.2) is 4.98 Å². The average molecular weight is 456 g/mol. The number of halogens is 4. The largest absolute Gasteiger partial charge is 0.472 e. The third kappa shape index (κ3) is 5.84. The Morgan fingerprint density at radius 3 is 2.56 bits per heavy atom. The monoisotopic (exact) mass is 454 g/mol. The van der Waals surface area contributed by atoms with Crippen LogP contribution in [-0.2, 0) is 4.74 Å². The Hall–Kier alpha value is -0.790. The summed E-state index contributed by atoms with van der Waals surface area (Å²) in [6.45, 7) is 3.10. The zero-order chi connectivity index (χ0) is 18.0. The van der Waals surface area contributed by atoms with Crippen LogP contribution in [0, 0.1) is 6.92 Å². The number of hydrogen-bond acceptors (Lipinski definition) is 5. The maximum atomic E-state index is 10.7. The van der Waals surface area contributed by atoms with Crippen LogP contribution in [0.3, 0.4) is 0 Å². The number of rotatable bonds is 5. The van der Waals surface area contributed by atoms with Gasteiger partial charge in [0.15, 0.2) is 0 Å². The summed E-state index contributed by atoms with van der Waals surface area (Å²) in [6, 6.07) is 7.96. The molecule has 1 aliphatic rings. The number of aryl methyl sites for hydroxylation is 1. The van der Waals surface area contributed by atoms with E-state index in [1.807, 2.05) is 6.92 Å². The Kier molecular flexibility index (Phi) is 9.58. The maximum Gasteiger partial charge on any atom is 0.213 e. The number of nitrogens with zero attached hydrogens (tertiary/aromatic N) is 1. The van der Waals surface area contributed by atoms with Crippen molar-refractivity contribution in [1.82, 2.24) is 4.98 Å². The summed E-state index contributed by atoms with van der Waals surface area (Å²) in [7, 11) is 0. The molecule has 0 spiro atoms. The highest BCUT2D eigenvalue weighted by molar-refractivity contribution is 6.42. The fourth-order valence-electron chi connectivity index (χ4n) is 2.80. The molecule has 0 saturated carbocycles. The van der Waals surface area contributed by atoms with Crippen molar-refractivity contribution in [3.8, 4) is 5.88 Å². The summed E-state index contributed by atoms with van der Waals surface area (Å²) in [5.41, 5.74) is 8.21. The summed E-state index contributed by atoms with van der Waals surface area (Å²) < 4.78 is 11.1. The van der Waals surface area contributed by atoms with Crippen molar-refractivity contribution >= 4 is 48.0 Å². The summed E-state index contributed by atoms with van der Waals surface area (Å²) in [5, 5.41) is 11.5. The number of aromatic nitrogens is 1. The van der Waals surface area contributed by atoms with Crippen molar-refractivity contribution in [2.24, 2.45) is 5.73 Å². The van der Waals surface area contributed by atoms with E-state index in [2.05, 4.69) is 4.98 Å². The SMILES string of the molecule is Cc1nc(OC2CCOC2)ccc1C(O)C(N)c1ccc(Cl)c(Cl)c1.Cl.Cl. The molecule has 2 aromatic rings. The number of hydrogen-bond donors (Lipinski definition) is 2. The first-order valence-corrected chi connectivity index (χ1v) is 8.82. The van der Waals surface area contributed by atoms with E-state index in [9.17, 15) is 5.11 Å². The molecule has 0 aliphatic carbocycles. The minimum absolute atomic E-state index is 0. The van der Waals surface area contributed by atoms with Crippen molar-refractivity contribution in [2.45, 2.75) is 31.6 Å². The van der Waals surface area contributed by atoms with E-state index in [0.29, 0.717) is 46.0 Å². The van der Waals surface area contributed by atoms with Crippen LogP contribution in [0.1, 0.15) is 35.4 Å². The molecule has 150 valence electrons. The van der Waals surface area contributed by atoms with Gasteiger partial charge >= 0.3 is 0 Å². The fraction of sp³-hybridized carbons (Fsp3) is 0.389. The molecule has 5 nitrogen and oxygen atoms in total. The molecule has 1 aromatic heterocycles. The van der Waals surface area contributed by atoms with Gasteiger partial charge in [0.2, 0.25) is 5.88 Å². The molecular weight excluding hydrogens is 434 g/mol. The number of benzene rings is 1. The molecule has 2 heterocycles. The van der Waals surface area contributed by atoms with Crippen molar-refractivity contribution in [3.63, 3.8) is 0 Å². The van der Waals surface area contributed by atoms with E-state index < -0.39 is 12.1 Å². The zero-order valence-electron chi connectivity index (χ0n) is 14.6. The average Bonchev–Trinajstić information content (AvgIpc) is 3.09. The van der Waals surface area contributed by atoms with Crippen LogP contribution in [0.25, 0.3) is 0 Å². The molecule has 3 N–H and O–H groups in total. The number of pyridine rings is 1. The Balaban J connectivity index is 0.00000182. The number of aliphatic hydroxyl groups excluding tert-OH is 1. The van der Waals surface area contributed by atoms with E-state index in [0.717, 1.165) is 6.42 Å². The molecule has 1 fully saturated rings. The van der Waals surface area contributed by atoms with Crippen LogP contribution < -0.4 is 10.5 Å². The van der Waals surface area contributed by atoms with Gasteiger partial charge in [0.1, 0.15) is 6.10 Å². The Morgan fingerprint density at radius 1 is 1.22 bits per heavy atom. The second-order valence-electron chi connectivity index (χ2n) is 6.07. The molecule has 3 unspecified atom stereocenters. The van der Waals surface area contributed by atoms with Crippen molar-refractivity contribution in [1.29, 1.82) is 0 Å². The molecule has 3 rings (SSSR count). The van der Waals surface area contributed by atoms with Crippen LogP contribution >= 0.6 is 48.0 Å². The minimum Gasteiger partial charge on any atom is -0.472 e. The van der Waals surface area contributed by atoms with Gasteiger partial charge in [-0.1, -0.05) is 29.3 Å². The second-order valence-corrected chi connectivity index (χ2v) is 6.89. The number of nitrogens with two attached hydrogens (primary N) is 1. The van der Waals surface area contributed by atoms with Crippen LogP contribution in [0.2, 0.25) is 10.0 Å². The maximum absolute atomic E-state index is 10.7. The lowest BCUT2D eigenvalue weighted by atomic mass is 9.96. The standard InChI is InChI=1S/C18H20Cl2N2O3.2ClH/c1-10-13(3-5-16(22-10)25-12-6-7-24-9-12)18(23)17(21)11-2-4-14(19)15(20)8-11;;/h2-5,8,12,17-18,23H,6-7,9,21H2,1H3;2*1H.